The fraction of sp³-hybridized carbons (Fsp3) is 0.333. The molecule has 4 nitrogen and oxygen atoms in total. The average Bonchev–Trinajstić information content (AvgIpc) is 3.05. The molecule has 3 rings (SSSR count). The molecule has 1 aliphatic heterocycles. The van der Waals surface area contributed by atoms with E-state index in [1.54, 1.807) is 11.8 Å². The fourth-order valence-corrected chi connectivity index (χ4v) is 3.94. The van der Waals surface area contributed by atoms with Crippen LogP contribution in [0.15, 0.2) is 48.5 Å². The smallest absolute Gasteiger partial charge is 0.236 e. The highest BCUT2D eigenvalue weighted by molar-refractivity contribution is 7.99. The average molecular weight is 369 g/mol. The largest absolute Gasteiger partial charge is 0.326 e. The lowest BCUT2D eigenvalue weighted by Gasteiger charge is -2.17. The normalized spacial score (nSPS) is 12.7. The van der Waals surface area contributed by atoms with Gasteiger partial charge in [-0.2, -0.15) is 11.8 Å². The van der Waals surface area contributed by atoms with Crippen LogP contribution in [0, 0.1) is 6.92 Å². The van der Waals surface area contributed by atoms with Crippen molar-refractivity contribution >= 4 is 35.0 Å². The maximum absolute atomic E-state index is 12.4. The van der Waals surface area contributed by atoms with E-state index in [4.69, 9.17) is 0 Å². The van der Waals surface area contributed by atoms with E-state index in [1.165, 1.54) is 5.56 Å². The Morgan fingerprint density at radius 1 is 1.15 bits per heavy atom. The molecular formula is C21H24N2O2S. The molecule has 0 spiro atoms. The van der Waals surface area contributed by atoms with E-state index >= 15 is 0 Å². The molecule has 0 radical (unpaired) electrons. The van der Waals surface area contributed by atoms with Gasteiger partial charge >= 0.3 is 0 Å². The number of para-hydroxylation sites is 1. The topological polar surface area (TPSA) is 49.4 Å². The first-order chi connectivity index (χ1) is 12.6. The predicted molar refractivity (Wildman–Crippen MR) is 109 cm³/mol. The number of hydrogen-bond donors (Lipinski definition) is 1. The highest BCUT2D eigenvalue weighted by atomic mass is 32.2. The number of amides is 2. The van der Waals surface area contributed by atoms with Gasteiger partial charge in [0.15, 0.2) is 0 Å². The minimum atomic E-state index is 0.0241. The summed E-state index contributed by atoms with van der Waals surface area (Å²) in [6.07, 6.45) is 2.18. The van der Waals surface area contributed by atoms with Crippen molar-refractivity contribution in [2.75, 3.05) is 28.3 Å². The number of thioether (sulfide) groups is 1. The number of rotatable bonds is 7. The quantitative estimate of drug-likeness (QED) is 0.751. The number of hydrogen-bond acceptors (Lipinski definition) is 3. The minimum absolute atomic E-state index is 0.0241. The number of nitrogens with one attached hydrogen (secondary N) is 1. The SMILES string of the molecule is Cc1cccc(NC(=O)CCCSCC(=O)N2CCc3ccccc32)c1. The lowest BCUT2D eigenvalue weighted by atomic mass is 10.2. The number of fused-ring (bicyclic) bond motifs is 1. The molecule has 5 heteroatoms. The second-order valence-electron chi connectivity index (χ2n) is 6.50. The number of benzene rings is 2. The number of nitrogens with zero attached hydrogens (tertiary/aromatic N) is 1. The number of aryl methyl sites for hydroxylation is 1. The number of anilines is 2. The van der Waals surface area contributed by atoms with Gasteiger partial charge in [-0.05, 0) is 54.8 Å². The molecule has 0 aliphatic carbocycles. The molecule has 0 unspecified atom stereocenters. The van der Waals surface area contributed by atoms with Crippen LogP contribution in [0.2, 0.25) is 0 Å². The van der Waals surface area contributed by atoms with Gasteiger partial charge in [-0.1, -0.05) is 30.3 Å². The summed E-state index contributed by atoms with van der Waals surface area (Å²) in [5.74, 6) is 1.45. The Bertz CT molecular complexity index is 791. The minimum Gasteiger partial charge on any atom is -0.326 e. The second-order valence-corrected chi connectivity index (χ2v) is 7.60. The molecule has 0 bridgehead atoms. The van der Waals surface area contributed by atoms with E-state index in [-0.39, 0.29) is 11.8 Å². The third-order valence-corrected chi connectivity index (χ3v) is 5.44. The van der Waals surface area contributed by atoms with Crippen molar-refractivity contribution in [3.05, 3.63) is 59.7 Å². The van der Waals surface area contributed by atoms with Crippen LogP contribution in [0.4, 0.5) is 11.4 Å². The molecular weight excluding hydrogens is 344 g/mol. The molecule has 1 heterocycles. The van der Waals surface area contributed by atoms with Gasteiger partial charge in [-0.15, -0.1) is 0 Å². The summed E-state index contributed by atoms with van der Waals surface area (Å²) >= 11 is 1.60. The van der Waals surface area contributed by atoms with E-state index < -0.39 is 0 Å². The molecule has 136 valence electrons. The Balaban J connectivity index is 1.34. The highest BCUT2D eigenvalue weighted by Gasteiger charge is 2.23. The summed E-state index contributed by atoms with van der Waals surface area (Å²) in [6.45, 7) is 2.78. The Labute approximate surface area is 159 Å². The van der Waals surface area contributed by atoms with Gasteiger partial charge in [-0.3, -0.25) is 9.59 Å². The van der Waals surface area contributed by atoms with Gasteiger partial charge in [0, 0.05) is 24.3 Å². The van der Waals surface area contributed by atoms with E-state index in [2.05, 4.69) is 11.4 Å². The highest BCUT2D eigenvalue weighted by Crippen LogP contribution is 2.28. The van der Waals surface area contributed by atoms with Gasteiger partial charge in [0.1, 0.15) is 0 Å². The van der Waals surface area contributed by atoms with Crippen molar-refractivity contribution in [1.82, 2.24) is 0 Å². The van der Waals surface area contributed by atoms with Crippen molar-refractivity contribution in [3.63, 3.8) is 0 Å². The summed E-state index contributed by atoms with van der Waals surface area (Å²) in [5.41, 5.74) is 4.26. The Morgan fingerprint density at radius 3 is 2.85 bits per heavy atom. The summed E-state index contributed by atoms with van der Waals surface area (Å²) in [5, 5.41) is 2.91. The van der Waals surface area contributed by atoms with Crippen LogP contribution in [0.1, 0.15) is 24.0 Å². The van der Waals surface area contributed by atoms with E-state index in [0.717, 1.165) is 42.1 Å². The third kappa shape index (κ3) is 4.88. The van der Waals surface area contributed by atoms with Crippen molar-refractivity contribution in [2.45, 2.75) is 26.2 Å². The molecule has 0 atom stereocenters. The first kappa shape index (κ1) is 18.5. The zero-order valence-electron chi connectivity index (χ0n) is 15.0. The van der Waals surface area contributed by atoms with Crippen molar-refractivity contribution in [1.29, 1.82) is 0 Å². The lowest BCUT2D eigenvalue weighted by molar-refractivity contribution is -0.116. The van der Waals surface area contributed by atoms with Gasteiger partial charge in [-0.25, -0.2) is 0 Å². The first-order valence-corrected chi connectivity index (χ1v) is 10.1. The summed E-state index contributed by atoms with van der Waals surface area (Å²) in [6, 6.07) is 15.9. The Hall–Kier alpha value is -2.27. The predicted octanol–water partition coefficient (Wildman–Crippen LogP) is 4.04. The van der Waals surface area contributed by atoms with E-state index in [1.807, 2.05) is 54.3 Å². The fourth-order valence-electron chi connectivity index (χ4n) is 3.12. The summed E-state index contributed by atoms with van der Waals surface area (Å²) < 4.78 is 0. The molecule has 1 N–H and O–H groups in total. The standard InChI is InChI=1S/C21H24N2O2S/c1-16-6-4-8-18(14-16)22-20(24)10-5-13-26-15-21(25)23-12-11-17-7-2-3-9-19(17)23/h2-4,6-9,14H,5,10-13,15H2,1H3,(H,22,24). The molecule has 0 saturated heterocycles. The van der Waals surface area contributed by atoms with Crippen molar-refractivity contribution < 1.29 is 9.59 Å². The van der Waals surface area contributed by atoms with Crippen LogP contribution in [0.3, 0.4) is 0 Å². The first-order valence-electron chi connectivity index (χ1n) is 8.96. The van der Waals surface area contributed by atoms with Gasteiger partial charge in [0.25, 0.3) is 0 Å². The van der Waals surface area contributed by atoms with Gasteiger partial charge in [0.05, 0.1) is 5.75 Å². The van der Waals surface area contributed by atoms with Crippen LogP contribution in [-0.4, -0.2) is 29.9 Å². The molecule has 0 fully saturated rings. The van der Waals surface area contributed by atoms with Crippen molar-refractivity contribution in [2.24, 2.45) is 0 Å². The Morgan fingerprint density at radius 2 is 2.00 bits per heavy atom. The summed E-state index contributed by atoms with van der Waals surface area (Å²) in [4.78, 5) is 26.3. The lowest BCUT2D eigenvalue weighted by Crippen LogP contribution is -2.30. The van der Waals surface area contributed by atoms with Gasteiger partial charge in [0.2, 0.25) is 11.8 Å². The zero-order chi connectivity index (χ0) is 18.4. The van der Waals surface area contributed by atoms with Crippen LogP contribution in [0.25, 0.3) is 0 Å². The number of carbonyl (C=O) groups excluding carboxylic acids is 2. The molecule has 0 aromatic heterocycles. The van der Waals surface area contributed by atoms with Crippen molar-refractivity contribution in [3.8, 4) is 0 Å². The third-order valence-electron chi connectivity index (χ3n) is 4.41. The molecule has 1 aliphatic rings. The molecule has 2 amide bonds. The molecule has 0 saturated carbocycles. The van der Waals surface area contributed by atoms with Crippen LogP contribution in [0.5, 0.6) is 0 Å². The van der Waals surface area contributed by atoms with Gasteiger partial charge < -0.3 is 10.2 Å². The molecule has 26 heavy (non-hydrogen) atoms. The van der Waals surface area contributed by atoms with E-state index in [0.29, 0.717) is 12.2 Å². The molecule has 2 aromatic rings. The Kier molecular flexibility index (Phi) is 6.34. The maximum atomic E-state index is 12.4. The van der Waals surface area contributed by atoms with Crippen LogP contribution < -0.4 is 10.2 Å². The zero-order valence-corrected chi connectivity index (χ0v) is 15.8. The molecule has 2 aromatic carbocycles. The van der Waals surface area contributed by atoms with Crippen LogP contribution in [-0.2, 0) is 16.0 Å². The summed E-state index contributed by atoms with van der Waals surface area (Å²) in [7, 11) is 0. The monoisotopic (exact) mass is 368 g/mol. The van der Waals surface area contributed by atoms with E-state index in [9.17, 15) is 9.59 Å². The second kappa shape index (κ2) is 8.90. The maximum Gasteiger partial charge on any atom is 0.236 e. The van der Waals surface area contributed by atoms with Crippen LogP contribution >= 0.6 is 11.8 Å². The number of carbonyl (C=O) groups is 2.